The monoisotopic (exact) mass is 259 g/mol. The minimum absolute atomic E-state index is 0.249. The molecular formula is C13H13N3OS. The summed E-state index contributed by atoms with van der Waals surface area (Å²) in [5.74, 6) is 0.785. The van der Waals surface area contributed by atoms with Crippen molar-refractivity contribution in [3.05, 3.63) is 54.4 Å². The Bertz CT molecular complexity index is 514. The molecule has 0 radical (unpaired) electrons. The second-order valence-electron chi connectivity index (χ2n) is 3.66. The molecule has 2 aromatic rings. The van der Waals surface area contributed by atoms with Gasteiger partial charge in [0, 0.05) is 23.6 Å². The minimum atomic E-state index is 0.249. The van der Waals surface area contributed by atoms with Crippen molar-refractivity contribution >= 4 is 23.0 Å². The second kappa shape index (κ2) is 5.97. The van der Waals surface area contributed by atoms with Gasteiger partial charge in [0.2, 0.25) is 0 Å². The van der Waals surface area contributed by atoms with E-state index in [4.69, 9.17) is 22.7 Å². The highest BCUT2D eigenvalue weighted by Gasteiger charge is 1.97. The maximum atomic E-state index is 5.62. The zero-order valence-electron chi connectivity index (χ0n) is 9.67. The van der Waals surface area contributed by atoms with Gasteiger partial charge >= 0.3 is 0 Å². The third kappa shape index (κ3) is 3.71. The number of nitrogens with zero attached hydrogens (tertiary/aromatic N) is 1. The Kier molecular flexibility index (Phi) is 4.09. The second-order valence-corrected chi connectivity index (χ2v) is 4.10. The molecule has 0 saturated carbocycles. The fourth-order valence-electron chi connectivity index (χ4n) is 1.43. The maximum absolute atomic E-state index is 5.62. The molecule has 3 N–H and O–H groups in total. The SMILES string of the molecule is NC(=S)Nc1ccc(OCc2cccnc2)cc1. The highest BCUT2D eigenvalue weighted by molar-refractivity contribution is 7.80. The number of aromatic nitrogens is 1. The summed E-state index contributed by atoms with van der Waals surface area (Å²) in [6, 6.07) is 11.3. The van der Waals surface area contributed by atoms with Crippen LogP contribution in [0.1, 0.15) is 5.56 Å². The molecule has 0 fully saturated rings. The Labute approximate surface area is 111 Å². The minimum Gasteiger partial charge on any atom is -0.489 e. The number of hydrogen-bond donors (Lipinski definition) is 2. The number of nitrogens with one attached hydrogen (secondary N) is 1. The van der Waals surface area contributed by atoms with Crippen molar-refractivity contribution in [3.8, 4) is 5.75 Å². The molecule has 2 rings (SSSR count). The number of pyridine rings is 1. The predicted molar refractivity (Wildman–Crippen MR) is 75.4 cm³/mol. The van der Waals surface area contributed by atoms with E-state index in [0.29, 0.717) is 6.61 Å². The van der Waals surface area contributed by atoms with Crippen LogP contribution in [0, 0.1) is 0 Å². The Morgan fingerprint density at radius 1 is 1.28 bits per heavy atom. The lowest BCUT2D eigenvalue weighted by Gasteiger charge is -2.07. The van der Waals surface area contributed by atoms with E-state index in [1.165, 1.54) is 0 Å². The first kappa shape index (κ1) is 12.3. The molecule has 18 heavy (non-hydrogen) atoms. The summed E-state index contributed by atoms with van der Waals surface area (Å²) in [6.45, 7) is 0.496. The normalized spacial score (nSPS) is 9.78. The summed E-state index contributed by atoms with van der Waals surface area (Å²) in [7, 11) is 0. The summed E-state index contributed by atoms with van der Waals surface area (Å²) in [4.78, 5) is 4.03. The standard InChI is InChI=1S/C13H13N3OS/c14-13(18)16-11-3-5-12(6-4-11)17-9-10-2-1-7-15-8-10/h1-8H,9H2,(H3,14,16,18). The molecule has 1 aromatic heterocycles. The van der Waals surface area contributed by atoms with Gasteiger partial charge in [-0.15, -0.1) is 0 Å². The summed E-state index contributed by atoms with van der Waals surface area (Å²) in [5.41, 5.74) is 7.25. The van der Waals surface area contributed by atoms with E-state index < -0.39 is 0 Å². The highest BCUT2D eigenvalue weighted by Crippen LogP contribution is 2.16. The maximum Gasteiger partial charge on any atom is 0.168 e. The van der Waals surface area contributed by atoms with Crippen LogP contribution in [0.5, 0.6) is 5.75 Å². The lowest BCUT2D eigenvalue weighted by atomic mass is 10.3. The fraction of sp³-hybridized carbons (Fsp3) is 0.0769. The molecule has 0 aliphatic rings. The smallest absolute Gasteiger partial charge is 0.168 e. The Hall–Kier alpha value is -2.14. The first-order valence-corrected chi connectivity index (χ1v) is 5.83. The molecular weight excluding hydrogens is 246 g/mol. The molecule has 4 nitrogen and oxygen atoms in total. The summed E-state index contributed by atoms with van der Waals surface area (Å²) in [5, 5.41) is 3.10. The molecule has 0 spiro atoms. The largest absolute Gasteiger partial charge is 0.489 e. The van der Waals surface area contributed by atoms with Crippen LogP contribution >= 0.6 is 12.2 Å². The van der Waals surface area contributed by atoms with Crippen LogP contribution in [0.25, 0.3) is 0 Å². The number of rotatable bonds is 4. The van der Waals surface area contributed by atoms with Crippen molar-refractivity contribution < 1.29 is 4.74 Å². The van der Waals surface area contributed by atoms with Crippen molar-refractivity contribution in [2.45, 2.75) is 6.61 Å². The van der Waals surface area contributed by atoms with Crippen molar-refractivity contribution in [2.24, 2.45) is 5.73 Å². The van der Waals surface area contributed by atoms with E-state index in [2.05, 4.69) is 10.3 Å². The Morgan fingerprint density at radius 2 is 2.06 bits per heavy atom. The summed E-state index contributed by atoms with van der Waals surface area (Å²) >= 11 is 4.75. The van der Waals surface area contributed by atoms with Crippen LogP contribution in [-0.4, -0.2) is 10.1 Å². The average Bonchev–Trinajstić information content (AvgIpc) is 2.38. The van der Waals surface area contributed by atoms with Crippen LogP contribution in [0.4, 0.5) is 5.69 Å². The van der Waals surface area contributed by atoms with Crippen LogP contribution in [0.3, 0.4) is 0 Å². The van der Waals surface area contributed by atoms with Crippen molar-refractivity contribution in [3.63, 3.8) is 0 Å². The lowest BCUT2D eigenvalue weighted by molar-refractivity contribution is 0.306. The van der Waals surface area contributed by atoms with E-state index in [0.717, 1.165) is 17.0 Å². The quantitative estimate of drug-likeness (QED) is 0.825. The number of ether oxygens (including phenoxy) is 1. The van der Waals surface area contributed by atoms with Crippen LogP contribution in [-0.2, 0) is 6.61 Å². The molecule has 5 heteroatoms. The topological polar surface area (TPSA) is 60.2 Å². The van der Waals surface area contributed by atoms with Gasteiger partial charge in [-0.25, -0.2) is 0 Å². The molecule has 0 aliphatic carbocycles. The van der Waals surface area contributed by atoms with E-state index >= 15 is 0 Å². The molecule has 1 heterocycles. The van der Waals surface area contributed by atoms with Gasteiger partial charge < -0.3 is 15.8 Å². The number of thiocarbonyl (C=S) groups is 1. The zero-order valence-corrected chi connectivity index (χ0v) is 10.5. The first-order valence-electron chi connectivity index (χ1n) is 5.42. The zero-order chi connectivity index (χ0) is 12.8. The van der Waals surface area contributed by atoms with Gasteiger partial charge in [-0.2, -0.15) is 0 Å². The fourth-order valence-corrected chi connectivity index (χ4v) is 1.54. The van der Waals surface area contributed by atoms with E-state index in [-0.39, 0.29) is 5.11 Å². The lowest BCUT2D eigenvalue weighted by Crippen LogP contribution is -2.18. The number of hydrogen-bond acceptors (Lipinski definition) is 3. The highest BCUT2D eigenvalue weighted by atomic mass is 32.1. The van der Waals surface area contributed by atoms with Gasteiger partial charge in [-0.3, -0.25) is 4.98 Å². The van der Waals surface area contributed by atoms with Crippen molar-refractivity contribution in [2.75, 3.05) is 5.32 Å². The molecule has 92 valence electrons. The van der Waals surface area contributed by atoms with Gasteiger partial charge in [-0.05, 0) is 42.5 Å². The van der Waals surface area contributed by atoms with Gasteiger partial charge in [0.25, 0.3) is 0 Å². The van der Waals surface area contributed by atoms with E-state index in [9.17, 15) is 0 Å². The predicted octanol–water partition coefficient (Wildman–Crippen LogP) is 2.32. The molecule has 0 aliphatic heterocycles. The number of nitrogens with two attached hydrogens (primary N) is 1. The molecule has 0 saturated heterocycles. The van der Waals surface area contributed by atoms with Crippen LogP contribution in [0.15, 0.2) is 48.8 Å². The van der Waals surface area contributed by atoms with Crippen LogP contribution < -0.4 is 15.8 Å². The number of anilines is 1. The van der Waals surface area contributed by atoms with Gasteiger partial charge in [-0.1, -0.05) is 6.07 Å². The van der Waals surface area contributed by atoms with Gasteiger partial charge in [0.15, 0.2) is 5.11 Å². The van der Waals surface area contributed by atoms with E-state index in [1.54, 1.807) is 12.4 Å². The van der Waals surface area contributed by atoms with E-state index in [1.807, 2.05) is 36.4 Å². The molecule has 0 atom stereocenters. The Balaban J connectivity index is 1.92. The van der Waals surface area contributed by atoms with Crippen LogP contribution in [0.2, 0.25) is 0 Å². The van der Waals surface area contributed by atoms with Crippen molar-refractivity contribution in [1.29, 1.82) is 0 Å². The Morgan fingerprint density at radius 3 is 2.67 bits per heavy atom. The third-order valence-corrected chi connectivity index (χ3v) is 2.35. The molecule has 0 bridgehead atoms. The molecule has 0 amide bonds. The summed E-state index contributed by atoms with van der Waals surface area (Å²) in [6.07, 6.45) is 3.52. The third-order valence-electron chi connectivity index (χ3n) is 2.25. The van der Waals surface area contributed by atoms with Crippen molar-refractivity contribution in [1.82, 2.24) is 4.98 Å². The first-order chi connectivity index (χ1) is 8.74. The van der Waals surface area contributed by atoms with Gasteiger partial charge in [0.05, 0.1) is 0 Å². The summed E-state index contributed by atoms with van der Waals surface area (Å²) < 4.78 is 5.62. The molecule has 0 unspecified atom stereocenters. The molecule has 1 aromatic carbocycles. The average molecular weight is 259 g/mol. The van der Waals surface area contributed by atoms with Gasteiger partial charge in [0.1, 0.15) is 12.4 Å². The number of benzene rings is 1.